The van der Waals surface area contributed by atoms with Crippen molar-refractivity contribution in [3.63, 3.8) is 0 Å². The number of ether oxygens (including phenoxy) is 1. The number of hydrogen-bond acceptors (Lipinski definition) is 16. The van der Waals surface area contributed by atoms with Crippen molar-refractivity contribution in [3.05, 3.63) is 0 Å². The Labute approximate surface area is 321 Å². The van der Waals surface area contributed by atoms with Gasteiger partial charge in [0.05, 0.1) is 36.7 Å². The number of aliphatic hydroxyl groups excluding tert-OH is 3. The molecule has 1 fully saturated rings. The average molecular weight is 596 g/mol. The molecule has 0 bridgehead atoms. The summed E-state index contributed by atoms with van der Waals surface area (Å²) in [6, 6.07) is 0. The first-order valence-corrected chi connectivity index (χ1v) is 11.1. The fourth-order valence-corrected chi connectivity index (χ4v) is 3.63. The van der Waals surface area contributed by atoms with Gasteiger partial charge in [-0.2, -0.15) is 0 Å². The van der Waals surface area contributed by atoms with Gasteiger partial charge in [0.15, 0.2) is 0 Å². The molecule has 0 unspecified atom stereocenters. The maximum absolute atomic E-state index is 10.8. The van der Waals surface area contributed by atoms with Crippen molar-refractivity contribution >= 4 is 23.5 Å². The Bertz CT molecular complexity index is 644. The minimum atomic E-state index is -5.89. The van der Waals surface area contributed by atoms with Crippen molar-refractivity contribution in [3.8, 4) is 0 Å². The summed E-state index contributed by atoms with van der Waals surface area (Å²) in [7, 11) is -17.1. The number of hydrogen-bond donors (Lipinski definition) is 3. The number of phosphoric ester groups is 3. The monoisotopic (exact) mass is 596 g/mol. The maximum Gasteiger partial charge on any atom is 1.00 e. The summed E-state index contributed by atoms with van der Waals surface area (Å²) in [5, 5.41) is 29.6. The Morgan fingerprint density at radius 2 is 0.909 bits per heavy atom. The third-order valence-corrected chi connectivity index (χ3v) is 4.67. The fraction of sp³-hybridized carbons (Fsp3) is 1.00. The second-order valence-corrected chi connectivity index (χ2v) is 8.49. The first-order chi connectivity index (χ1) is 12.0. The second kappa shape index (κ2) is 22.7. The van der Waals surface area contributed by atoms with Gasteiger partial charge in [-0.15, -0.1) is 0 Å². The Hall–Kier alpha value is 6.17. The van der Waals surface area contributed by atoms with Crippen LogP contribution in [0, 0.1) is 0 Å². The van der Waals surface area contributed by atoms with E-state index in [1.165, 1.54) is 0 Å². The van der Waals surface area contributed by atoms with Crippen LogP contribution in [0.4, 0.5) is 0 Å². The van der Waals surface area contributed by atoms with E-state index in [-0.39, 0.29) is 177 Å². The molecule has 16 nitrogen and oxygen atoms in total. The SMILES string of the molecule is O=P([O-])([O-])OCCO[C@@H]1[C@@H](O)[C@@H](O)[C@@H](OP(=O)([O-])[O-])[C@H](O)[C@H]1OP(=O)([O-])[O-].[Na+].[Na+].[Na+].[Na+].[Na+].[Na+]. The molecule has 1 saturated carbocycles. The summed E-state index contributed by atoms with van der Waals surface area (Å²) < 4.78 is 48.1. The van der Waals surface area contributed by atoms with Crippen molar-refractivity contribution in [1.29, 1.82) is 0 Å². The van der Waals surface area contributed by atoms with Gasteiger partial charge in [0.1, 0.15) is 36.6 Å². The molecule has 6 atom stereocenters. The molecule has 0 heterocycles. The molecular formula is C8H13Na6O16P3. The smallest absolute Gasteiger partial charge is 0.790 e. The second-order valence-electron chi connectivity index (χ2n) is 5.12. The third-order valence-electron chi connectivity index (χ3n) is 3.16. The van der Waals surface area contributed by atoms with Crippen LogP contribution in [0.2, 0.25) is 0 Å². The van der Waals surface area contributed by atoms with E-state index in [1.807, 2.05) is 0 Å². The quantitative estimate of drug-likeness (QED) is 0.126. The topological polar surface area (TPSA) is 287 Å². The molecule has 1 aliphatic rings. The molecule has 0 aliphatic heterocycles. The van der Waals surface area contributed by atoms with Crippen LogP contribution in [-0.4, -0.2) is 65.2 Å². The number of rotatable bonds is 9. The van der Waals surface area contributed by atoms with E-state index >= 15 is 0 Å². The Balaban J connectivity index is -0.000000304. The third kappa shape index (κ3) is 21.5. The van der Waals surface area contributed by atoms with Gasteiger partial charge >= 0.3 is 177 Å². The van der Waals surface area contributed by atoms with Gasteiger partial charge < -0.3 is 76.7 Å². The summed E-state index contributed by atoms with van der Waals surface area (Å²) in [5.74, 6) is 0. The van der Waals surface area contributed by atoms with E-state index in [2.05, 4.69) is 13.6 Å². The van der Waals surface area contributed by atoms with Gasteiger partial charge in [-0.05, 0) is 0 Å². The van der Waals surface area contributed by atoms with Crippen LogP contribution in [0.25, 0.3) is 0 Å². The van der Waals surface area contributed by atoms with Crippen LogP contribution in [0.1, 0.15) is 0 Å². The summed E-state index contributed by atoms with van der Waals surface area (Å²) in [4.78, 5) is 63.5. The molecule has 0 aromatic heterocycles. The Kier molecular flexibility index (Phi) is 35.7. The summed E-state index contributed by atoms with van der Waals surface area (Å²) in [6.45, 7) is -1.78. The van der Waals surface area contributed by atoms with E-state index in [1.54, 1.807) is 0 Å². The summed E-state index contributed by atoms with van der Waals surface area (Å²) in [6.07, 6.45) is -14.0. The first kappa shape index (κ1) is 51.9. The van der Waals surface area contributed by atoms with Crippen molar-refractivity contribution in [2.24, 2.45) is 0 Å². The molecule has 1 rings (SSSR count). The van der Waals surface area contributed by atoms with Crippen molar-refractivity contribution < 1.29 is 254 Å². The minimum absolute atomic E-state index is 0. The van der Waals surface area contributed by atoms with Crippen LogP contribution in [0.3, 0.4) is 0 Å². The summed E-state index contributed by atoms with van der Waals surface area (Å²) in [5.41, 5.74) is 0. The van der Waals surface area contributed by atoms with E-state index in [4.69, 9.17) is 4.74 Å². The molecule has 0 amide bonds. The molecule has 0 saturated heterocycles. The molecular weight excluding hydrogens is 583 g/mol. The molecule has 0 aromatic rings. The standard InChI is InChI=1S/C8H19O16P3.6Na/c9-3-4(10)7(21-1-2-22-25(12,13)14)8(24-27(18,19)20)5(11)6(3)23-26(15,16)17;;;;;;/h3-11H,1-2H2,(H2,12,13,14)(H2,15,16,17)(H2,18,19,20);;;;;;/q;6*+1/p-6/t3-,4+,5+,6-,7-,8-;;;;;;/m1....../s1. The van der Waals surface area contributed by atoms with E-state index in [0.29, 0.717) is 0 Å². The van der Waals surface area contributed by atoms with Gasteiger partial charge in [-0.3, -0.25) is 0 Å². The molecule has 0 aromatic carbocycles. The minimum Gasteiger partial charge on any atom is -0.790 e. The maximum atomic E-state index is 10.8. The van der Waals surface area contributed by atoms with E-state index in [0.717, 1.165) is 0 Å². The zero-order valence-electron chi connectivity index (χ0n) is 18.9. The molecule has 3 N–H and O–H groups in total. The average Bonchev–Trinajstić information content (AvgIpc) is 2.44. The van der Waals surface area contributed by atoms with E-state index < -0.39 is 73.3 Å². The van der Waals surface area contributed by atoms with Crippen LogP contribution < -0.4 is 207 Å². The van der Waals surface area contributed by atoms with Gasteiger partial charge in [0.25, 0.3) is 0 Å². The van der Waals surface area contributed by atoms with Gasteiger partial charge in [-0.1, -0.05) is 0 Å². The van der Waals surface area contributed by atoms with Crippen LogP contribution >= 0.6 is 23.5 Å². The molecule has 1 aliphatic carbocycles. The van der Waals surface area contributed by atoms with E-state index in [9.17, 15) is 58.4 Å². The van der Waals surface area contributed by atoms with Crippen LogP contribution in [0.5, 0.6) is 0 Å². The zero-order chi connectivity index (χ0) is 21.2. The van der Waals surface area contributed by atoms with Gasteiger partial charge in [0, 0.05) is 0 Å². The fourth-order valence-electron chi connectivity index (χ4n) is 2.24. The zero-order valence-corrected chi connectivity index (χ0v) is 33.6. The molecule has 162 valence electrons. The van der Waals surface area contributed by atoms with Crippen LogP contribution in [-0.2, 0) is 32.0 Å². The number of phosphoric acid groups is 3. The van der Waals surface area contributed by atoms with Crippen molar-refractivity contribution in [1.82, 2.24) is 0 Å². The first-order valence-electron chi connectivity index (χ1n) is 6.75. The van der Waals surface area contributed by atoms with Gasteiger partial charge in [0.2, 0.25) is 0 Å². The predicted molar refractivity (Wildman–Crippen MR) is 66.3 cm³/mol. The Morgan fingerprint density at radius 1 is 0.545 bits per heavy atom. The largest absolute Gasteiger partial charge is 1.00 e. The van der Waals surface area contributed by atoms with Crippen LogP contribution in [0.15, 0.2) is 0 Å². The van der Waals surface area contributed by atoms with Crippen molar-refractivity contribution in [2.75, 3.05) is 13.2 Å². The predicted octanol–water partition coefficient (Wildman–Crippen LogP) is -25.2. The molecule has 25 heteroatoms. The van der Waals surface area contributed by atoms with Gasteiger partial charge in [-0.25, -0.2) is 0 Å². The Morgan fingerprint density at radius 3 is 1.27 bits per heavy atom. The number of aliphatic hydroxyl groups is 3. The molecule has 0 radical (unpaired) electrons. The molecule has 33 heavy (non-hydrogen) atoms. The molecule has 0 spiro atoms. The van der Waals surface area contributed by atoms with Crippen molar-refractivity contribution in [2.45, 2.75) is 36.6 Å². The normalized spacial score (nSPS) is 27.2. The summed E-state index contributed by atoms with van der Waals surface area (Å²) >= 11 is 0.